The molecule has 1 aliphatic rings. The van der Waals surface area contributed by atoms with Gasteiger partial charge in [-0.05, 0) is 61.1 Å². The standard InChI is InChI=1S/C16H21Br2F/c1-10(2)11-4-6-15(17)13(7-11)8-12-3-5-14(19)9-16(12)18/h3,5,9-11,13,15H,4,6-8H2,1-2H3. The fourth-order valence-corrected chi connectivity index (χ4v) is 4.23. The molecule has 0 nitrogen and oxygen atoms in total. The van der Waals surface area contributed by atoms with Crippen molar-refractivity contribution < 1.29 is 4.39 Å². The van der Waals surface area contributed by atoms with Crippen molar-refractivity contribution in [2.24, 2.45) is 17.8 Å². The average molecular weight is 392 g/mol. The summed E-state index contributed by atoms with van der Waals surface area (Å²) in [5.41, 5.74) is 1.22. The van der Waals surface area contributed by atoms with Crippen LogP contribution in [0.4, 0.5) is 4.39 Å². The van der Waals surface area contributed by atoms with Gasteiger partial charge in [0.2, 0.25) is 0 Å². The Morgan fingerprint density at radius 3 is 2.68 bits per heavy atom. The Balaban J connectivity index is 2.07. The SMILES string of the molecule is CC(C)C1CCC(Br)C(Cc2ccc(F)cc2Br)C1. The van der Waals surface area contributed by atoms with Crippen molar-refractivity contribution in [3.05, 3.63) is 34.1 Å². The zero-order chi connectivity index (χ0) is 14.0. The van der Waals surface area contributed by atoms with Crippen LogP contribution in [-0.2, 0) is 6.42 Å². The van der Waals surface area contributed by atoms with E-state index in [1.54, 1.807) is 12.1 Å². The lowest BCUT2D eigenvalue weighted by molar-refractivity contribution is 0.222. The van der Waals surface area contributed by atoms with Gasteiger partial charge >= 0.3 is 0 Å². The molecule has 0 amide bonds. The van der Waals surface area contributed by atoms with Gasteiger partial charge in [-0.1, -0.05) is 51.8 Å². The van der Waals surface area contributed by atoms with Crippen LogP contribution in [0.25, 0.3) is 0 Å². The summed E-state index contributed by atoms with van der Waals surface area (Å²) in [7, 11) is 0. The molecular weight excluding hydrogens is 371 g/mol. The molecule has 0 saturated heterocycles. The van der Waals surface area contributed by atoms with Crippen LogP contribution in [0.1, 0.15) is 38.7 Å². The molecule has 1 aromatic carbocycles. The van der Waals surface area contributed by atoms with Crippen molar-refractivity contribution in [2.75, 3.05) is 0 Å². The predicted molar refractivity (Wildman–Crippen MR) is 86.2 cm³/mol. The molecule has 0 N–H and O–H groups in total. The van der Waals surface area contributed by atoms with E-state index in [2.05, 4.69) is 45.7 Å². The van der Waals surface area contributed by atoms with E-state index in [0.29, 0.717) is 10.7 Å². The molecule has 106 valence electrons. The maximum atomic E-state index is 13.1. The topological polar surface area (TPSA) is 0 Å². The Hall–Kier alpha value is 0.110. The van der Waals surface area contributed by atoms with E-state index in [4.69, 9.17) is 0 Å². The van der Waals surface area contributed by atoms with Crippen LogP contribution in [0, 0.1) is 23.6 Å². The predicted octanol–water partition coefficient (Wildman–Crippen LogP) is 5.97. The number of halogens is 3. The highest BCUT2D eigenvalue weighted by Crippen LogP contribution is 2.39. The molecule has 3 heteroatoms. The van der Waals surface area contributed by atoms with Gasteiger partial charge in [0.05, 0.1) is 0 Å². The first-order chi connectivity index (χ1) is 8.97. The summed E-state index contributed by atoms with van der Waals surface area (Å²) in [6.45, 7) is 4.65. The number of rotatable bonds is 3. The maximum absolute atomic E-state index is 13.1. The monoisotopic (exact) mass is 390 g/mol. The molecule has 3 unspecified atom stereocenters. The second-order valence-corrected chi connectivity index (χ2v) is 8.06. The first-order valence-corrected chi connectivity index (χ1v) is 8.76. The summed E-state index contributed by atoms with van der Waals surface area (Å²) in [5, 5.41) is 0. The second-order valence-electron chi connectivity index (χ2n) is 6.03. The fourth-order valence-electron chi connectivity index (χ4n) is 3.05. The minimum atomic E-state index is -0.172. The van der Waals surface area contributed by atoms with Gasteiger partial charge < -0.3 is 0 Å². The van der Waals surface area contributed by atoms with E-state index in [0.717, 1.165) is 22.7 Å². The van der Waals surface area contributed by atoms with E-state index in [1.165, 1.54) is 24.8 Å². The number of alkyl halides is 1. The Bertz CT molecular complexity index is 431. The number of benzene rings is 1. The van der Waals surface area contributed by atoms with Crippen molar-refractivity contribution in [3.8, 4) is 0 Å². The molecule has 1 fully saturated rings. The van der Waals surface area contributed by atoms with E-state index in [-0.39, 0.29) is 5.82 Å². The van der Waals surface area contributed by atoms with Crippen LogP contribution < -0.4 is 0 Å². The molecule has 2 rings (SSSR count). The summed E-state index contributed by atoms with van der Waals surface area (Å²) in [6, 6.07) is 5.05. The van der Waals surface area contributed by atoms with Crippen molar-refractivity contribution in [3.63, 3.8) is 0 Å². The molecular formula is C16H21Br2F. The van der Waals surface area contributed by atoms with Crippen LogP contribution >= 0.6 is 31.9 Å². The zero-order valence-corrected chi connectivity index (χ0v) is 14.7. The van der Waals surface area contributed by atoms with Crippen LogP contribution in [0.3, 0.4) is 0 Å². The van der Waals surface area contributed by atoms with Gasteiger partial charge in [-0.2, -0.15) is 0 Å². The van der Waals surface area contributed by atoms with Gasteiger partial charge in [0.25, 0.3) is 0 Å². The third-order valence-electron chi connectivity index (χ3n) is 4.37. The molecule has 1 aliphatic carbocycles. The van der Waals surface area contributed by atoms with Crippen LogP contribution in [-0.4, -0.2) is 4.83 Å². The second kappa shape index (κ2) is 6.71. The molecule has 3 atom stereocenters. The maximum Gasteiger partial charge on any atom is 0.124 e. The van der Waals surface area contributed by atoms with E-state index >= 15 is 0 Å². The Morgan fingerprint density at radius 1 is 1.32 bits per heavy atom. The molecule has 1 saturated carbocycles. The van der Waals surface area contributed by atoms with Crippen molar-refractivity contribution >= 4 is 31.9 Å². The lowest BCUT2D eigenvalue weighted by Gasteiger charge is -2.35. The normalized spacial score (nSPS) is 27.8. The van der Waals surface area contributed by atoms with Crippen LogP contribution in [0.5, 0.6) is 0 Å². The number of hydrogen-bond acceptors (Lipinski definition) is 0. The highest BCUT2D eigenvalue weighted by molar-refractivity contribution is 9.10. The third-order valence-corrected chi connectivity index (χ3v) is 6.31. The highest BCUT2D eigenvalue weighted by Gasteiger charge is 2.30. The first kappa shape index (κ1) is 15.5. The van der Waals surface area contributed by atoms with Gasteiger partial charge in [-0.3, -0.25) is 0 Å². The summed E-state index contributed by atoms with van der Waals surface area (Å²) in [5.74, 6) is 2.08. The summed E-state index contributed by atoms with van der Waals surface area (Å²) >= 11 is 7.32. The molecule has 0 spiro atoms. The Morgan fingerprint density at radius 2 is 2.05 bits per heavy atom. The highest BCUT2D eigenvalue weighted by atomic mass is 79.9. The van der Waals surface area contributed by atoms with E-state index in [9.17, 15) is 4.39 Å². The summed E-state index contributed by atoms with van der Waals surface area (Å²) < 4.78 is 14.0. The smallest absolute Gasteiger partial charge is 0.124 e. The van der Waals surface area contributed by atoms with Gasteiger partial charge in [0.1, 0.15) is 5.82 Å². The number of hydrogen-bond donors (Lipinski definition) is 0. The van der Waals surface area contributed by atoms with Crippen LogP contribution in [0.15, 0.2) is 22.7 Å². The minimum absolute atomic E-state index is 0.172. The van der Waals surface area contributed by atoms with E-state index < -0.39 is 0 Å². The Labute approximate surface area is 132 Å². The molecule has 0 aliphatic heterocycles. The van der Waals surface area contributed by atoms with Gasteiger partial charge in [-0.15, -0.1) is 0 Å². The van der Waals surface area contributed by atoms with Crippen molar-refractivity contribution in [1.29, 1.82) is 0 Å². The lowest BCUT2D eigenvalue weighted by atomic mass is 9.74. The summed E-state index contributed by atoms with van der Waals surface area (Å²) in [6.07, 6.45) is 4.89. The molecule has 0 aromatic heterocycles. The summed E-state index contributed by atoms with van der Waals surface area (Å²) in [4.78, 5) is 0.597. The minimum Gasteiger partial charge on any atom is -0.207 e. The fraction of sp³-hybridized carbons (Fsp3) is 0.625. The van der Waals surface area contributed by atoms with Crippen molar-refractivity contribution in [1.82, 2.24) is 0 Å². The third kappa shape index (κ3) is 4.04. The van der Waals surface area contributed by atoms with Crippen LogP contribution in [0.2, 0.25) is 0 Å². The molecule has 0 bridgehead atoms. The quantitative estimate of drug-likeness (QED) is 0.557. The first-order valence-electron chi connectivity index (χ1n) is 7.05. The van der Waals surface area contributed by atoms with E-state index in [1.807, 2.05) is 6.07 Å². The molecule has 1 aromatic rings. The average Bonchev–Trinajstić information content (AvgIpc) is 2.34. The van der Waals surface area contributed by atoms with Gasteiger partial charge in [-0.25, -0.2) is 4.39 Å². The molecule has 0 heterocycles. The Kier molecular flexibility index (Phi) is 5.47. The lowest BCUT2D eigenvalue weighted by Crippen LogP contribution is -2.29. The zero-order valence-electron chi connectivity index (χ0n) is 11.5. The largest absolute Gasteiger partial charge is 0.207 e. The molecule has 0 radical (unpaired) electrons. The molecule has 19 heavy (non-hydrogen) atoms. The van der Waals surface area contributed by atoms with Gasteiger partial charge in [0.15, 0.2) is 0 Å². The van der Waals surface area contributed by atoms with Crippen molar-refractivity contribution in [2.45, 2.75) is 44.4 Å². The van der Waals surface area contributed by atoms with Gasteiger partial charge in [0, 0.05) is 9.30 Å².